The largest absolute Gasteiger partial charge is 0.480 e. The van der Waals surface area contributed by atoms with E-state index in [0.717, 1.165) is 0 Å². The van der Waals surface area contributed by atoms with Gasteiger partial charge in [0.1, 0.15) is 6.04 Å². The Balaban J connectivity index is 2.75. The lowest BCUT2D eigenvalue weighted by atomic mass is 10.2. The van der Waals surface area contributed by atoms with Crippen LogP contribution in [0.25, 0.3) is 0 Å². The van der Waals surface area contributed by atoms with Crippen molar-refractivity contribution in [2.75, 3.05) is 5.32 Å². The van der Waals surface area contributed by atoms with Gasteiger partial charge in [-0.1, -0.05) is 29.3 Å². The molecule has 100 valence electrons. The summed E-state index contributed by atoms with van der Waals surface area (Å²) in [6, 6.07) is 2.77. The fourth-order valence-corrected chi connectivity index (χ4v) is 1.73. The van der Waals surface area contributed by atoms with Crippen LogP contribution in [0, 0.1) is 12.3 Å². The van der Waals surface area contributed by atoms with Crippen LogP contribution in [0.3, 0.4) is 0 Å². The molecule has 1 atom stereocenters. The standard InChI is InChI=1S/C12H10Cl2N2O3/c1-2-4-9(11(17)18)15-12(19)16-10-7(13)5-3-6-8(10)14/h1,3,5-6,9H,4H2,(H,17,18)(H2,15,16,19). The van der Waals surface area contributed by atoms with Crippen molar-refractivity contribution in [1.82, 2.24) is 5.32 Å². The zero-order valence-electron chi connectivity index (χ0n) is 9.61. The summed E-state index contributed by atoms with van der Waals surface area (Å²) in [6.45, 7) is 0. The Bertz CT molecular complexity index is 520. The second kappa shape index (κ2) is 6.88. The van der Waals surface area contributed by atoms with Crippen molar-refractivity contribution in [2.45, 2.75) is 12.5 Å². The Kier molecular flexibility index (Phi) is 5.49. The number of aliphatic carboxylic acids is 1. The molecule has 0 aromatic heterocycles. The van der Waals surface area contributed by atoms with Gasteiger partial charge in [0, 0.05) is 6.42 Å². The van der Waals surface area contributed by atoms with E-state index < -0.39 is 18.0 Å². The number of nitrogens with one attached hydrogen (secondary N) is 2. The molecule has 0 spiro atoms. The van der Waals surface area contributed by atoms with Crippen molar-refractivity contribution < 1.29 is 14.7 Å². The Hall–Kier alpha value is -1.90. The number of urea groups is 1. The lowest BCUT2D eigenvalue weighted by Gasteiger charge is -2.14. The summed E-state index contributed by atoms with van der Waals surface area (Å²) < 4.78 is 0. The minimum atomic E-state index is -1.22. The number of carbonyl (C=O) groups is 2. The quantitative estimate of drug-likeness (QED) is 0.748. The predicted octanol–water partition coefficient (Wildman–Crippen LogP) is 2.59. The summed E-state index contributed by atoms with van der Waals surface area (Å²) in [4.78, 5) is 22.5. The minimum absolute atomic E-state index is 0.126. The van der Waals surface area contributed by atoms with Crippen molar-refractivity contribution in [3.63, 3.8) is 0 Å². The number of halogens is 2. The first-order chi connectivity index (χ1) is 8.95. The van der Waals surface area contributed by atoms with Crippen LogP contribution in [0.4, 0.5) is 10.5 Å². The maximum Gasteiger partial charge on any atom is 0.327 e. The first-order valence-corrected chi connectivity index (χ1v) is 5.89. The van der Waals surface area contributed by atoms with Gasteiger partial charge in [-0.2, -0.15) is 0 Å². The van der Waals surface area contributed by atoms with Gasteiger partial charge < -0.3 is 15.7 Å². The van der Waals surface area contributed by atoms with Gasteiger partial charge in [0.2, 0.25) is 0 Å². The molecule has 0 aliphatic carbocycles. The van der Waals surface area contributed by atoms with Gasteiger partial charge in [-0.15, -0.1) is 12.3 Å². The molecule has 0 bridgehead atoms. The summed E-state index contributed by atoms with van der Waals surface area (Å²) in [5, 5.41) is 13.9. The molecule has 1 aromatic carbocycles. The van der Waals surface area contributed by atoms with E-state index in [2.05, 4.69) is 16.6 Å². The zero-order chi connectivity index (χ0) is 14.4. The van der Waals surface area contributed by atoms with Gasteiger partial charge in [0.15, 0.2) is 0 Å². The molecule has 1 unspecified atom stereocenters. The first kappa shape index (κ1) is 15.2. The Morgan fingerprint density at radius 1 is 1.37 bits per heavy atom. The molecular weight excluding hydrogens is 291 g/mol. The third-order valence-corrected chi connectivity index (χ3v) is 2.76. The summed E-state index contributed by atoms with van der Waals surface area (Å²) in [7, 11) is 0. The van der Waals surface area contributed by atoms with Crippen LogP contribution in [0.5, 0.6) is 0 Å². The number of anilines is 1. The third-order valence-electron chi connectivity index (χ3n) is 2.13. The lowest BCUT2D eigenvalue weighted by molar-refractivity contribution is -0.139. The van der Waals surface area contributed by atoms with Crippen LogP contribution < -0.4 is 10.6 Å². The van der Waals surface area contributed by atoms with E-state index in [1.54, 1.807) is 18.2 Å². The number of amides is 2. The number of rotatable bonds is 4. The molecule has 3 N–H and O–H groups in total. The third kappa shape index (κ3) is 4.36. The van der Waals surface area contributed by atoms with Gasteiger partial charge in [0.05, 0.1) is 15.7 Å². The van der Waals surface area contributed by atoms with E-state index in [9.17, 15) is 9.59 Å². The second-order valence-corrected chi connectivity index (χ2v) is 4.31. The molecule has 0 saturated carbocycles. The summed E-state index contributed by atoms with van der Waals surface area (Å²) in [5.74, 6) is 0.942. The molecule has 19 heavy (non-hydrogen) atoms. The van der Waals surface area contributed by atoms with Gasteiger partial charge in [-0.3, -0.25) is 0 Å². The summed E-state index contributed by atoms with van der Waals surface area (Å²) >= 11 is 11.7. The van der Waals surface area contributed by atoms with Crippen molar-refractivity contribution in [1.29, 1.82) is 0 Å². The van der Waals surface area contributed by atoms with Crippen molar-refractivity contribution >= 4 is 40.9 Å². The maximum absolute atomic E-state index is 11.6. The average molecular weight is 301 g/mol. The van der Waals surface area contributed by atoms with Crippen molar-refractivity contribution in [2.24, 2.45) is 0 Å². The number of hydrogen-bond acceptors (Lipinski definition) is 2. The van der Waals surface area contributed by atoms with E-state index in [1.165, 1.54) is 0 Å². The van der Waals surface area contributed by atoms with E-state index in [-0.39, 0.29) is 22.2 Å². The topological polar surface area (TPSA) is 78.4 Å². The van der Waals surface area contributed by atoms with E-state index >= 15 is 0 Å². The molecule has 0 aliphatic heterocycles. The Labute approximate surface area is 119 Å². The summed E-state index contributed by atoms with van der Waals surface area (Å²) in [5.41, 5.74) is 0.202. The van der Waals surface area contributed by atoms with Crippen molar-refractivity contribution in [3.05, 3.63) is 28.2 Å². The lowest BCUT2D eigenvalue weighted by Crippen LogP contribution is -2.42. The smallest absolute Gasteiger partial charge is 0.327 e. The molecule has 1 rings (SSSR count). The predicted molar refractivity (Wildman–Crippen MR) is 73.5 cm³/mol. The monoisotopic (exact) mass is 300 g/mol. The molecule has 0 aliphatic rings. The van der Waals surface area contributed by atoms with Crippen LogP contribution in [0.2, 0.25) is 10.0 Å². The molecule has 7 heteroatoms. The maximum atomic E-state index is 11.6. The Morgan fingerprint density at radius 3 is 2.42 bits per heavy atom. The average Bonchev–Trinajstić information content (AvgIpc) is 2.33. The molecule has 5 nitrogen and oxygen atoms in total. The number of hydrogen-bond donors (Lipinski definition) is 3. The van der Waals surface area contributed by atoms with Gasteiger partial charge in [0.25, 0.3) is 0 Å². The highest BCUT2D eigenvalue weighted by atomic mass is 35.5. The molecular formula is C12H10Cl2N2O3. The molecule has 0 saturated heterocycles. The zero-order valence-corrected chi connectivity index (χ0v) is 11.1. The van der Waals surface area contributed by atoms with Crippen LogP contribution in [0.1, 0.15) is 6.42 Å². The second-order valence-electron chi connectivity index (χ2n) is 3.49. The first-order valence-electron chi connectivity index (χ1n) is 5.13. The SMILES string of the molecule is C#CCC(NC(=O)Nc1c(Cl)cccc1Cl)C(=O)O. The highest BCUT2D eigenvalue weighted by Gasteiger charge is 2.19. The molecule has 2 amide bonds. The van der Waals surface area contributed by atoms with Crippen LogP contribution in [-0.2, 0) is 4.79 Å². The van der Waals surface area contributed by atoms with Gasteiger partial charge >= 0.3 is 12.0 Å². The van der Waals surface area contributed by atoms with Gasteiger partial charge in [-0.25, -0.2) is 9.59 Å². The number of carboxylic acids is 1. The number of terminal acetylenes is 1. The minimum Gasteiger partial charge on any atom is -0.480 e. The highest BCUT2D eigenvalue weighted by molar-refractivity contribution is 6.39. The number of carboxylic acid groups (broad SMARTS) is 1. The number of para-hydroxylation sites is 1. The molecule has 1 aromatic rings. The van der Waals surface area contributed by atoms with E-state index in [4.69, 9.17) is 34.7 Å². The molecule has 0 radical (unpaired) electrons. The highest BCUT2D eigenvalue weighted by Crippen LogP contribution is 2.29. The van der Waals surface area contributed by atoms with Crippen LogP contribution >= 0.6 is 23.2 Å². The normalized spacial score (nSPS) is 11.2. The Morgan fingerprint density at radius 2 is 1.95 bits per heavy atom. The fourth-order valence-electron chi connectivity index (χ4n) is 1.24. The van der Waals surface area contributed by atoms with Gasteiger partial charge in [-0.05, 0) is 12.1 Å². The van der Waals surface area contributed by atoms with Crippen LogP contribution in [0.15, 0.2) is 18.2 Å². The molecule has 0 heterocycles. The fraction of sp³-hybridized carbons (Fsp3) is 0.167. The molecule has 0 fully saturated rings. The summed E-state index contributed by atoms with van der Waals surface area (Å²) in [6.07, 6.45) is 4.89. The van der Waals surface area contributed by atoms with E-state index in [1.807, 2.05) is 0 Å². The number of benzene rings is 1. The number of carbonyl (C=O) groups excluding carboxylic acids is 1. The van der Waals surface area contributed by atoms with E-state index in [0.29, 0.717) is 0 Å². The van der Waals surface area contributed by atoms with Crippen LogP contribution in [-0.4, -0.2) is 23.1 Å². The van der Waals surface area contributed by atoms with Crippen molar-refractivity contribution in [3.8, 4) is 12.3 Å².